The summed E-state index contributed by atoms with van der Waals surface area (Å²) in [5.41, 5.74) is 0.231. The van der Waals surface area contributed by atoms with Crippen LogP contribution in [0.4, 0.5) is 5.69 Å². The highest BCUT2D eigenvalue weighted by Crippen LogP contribution is 2.42. The van der Waals surface area contributed by atoms with E-state index in [0.29, 0.717) is 11.4 Å². The predicted molar refractivity (Wildman–Crippen MR) is 85.2 cm³/mol. The molecule has 1 saturated heterocycles. The van der Waals surface area contributed by atoms with E-state index in [1.165, 1.54) is 12.0 Å². The average Bonchev–Trinajstić information content (AvgIpc) is 2.87. The van der Waals surface area contributed by atoms with E-state index in [9.17, 15) is 9.59 Å². The number of carbonyl (C=O) groups is 2. The zero-order chi connectivity index (χ0) is 16.4. The lowest BCUT2D eigenvalue weighted by Gasteiger charge is -2.36. The third kappa shape index (κ3) is 2.39. The van der Waals surface area contributed by atoms with E-state index < -0.39 is 17.4 Å². The summed E-state index contributed by atoms with van der Waals surface area (Å²) in [6, 6.07) is 16.3. The van der Waals surface area contributed by atoms with Crippen LogP contribution in [-0.4, -0.2) is 25.9 Å². The first-order chi connectivity index (χ1) is 11.1. The molecule has 1 fully saturated rings. The Morgan fingerprint density at radius 1 is 0.957 bits per heavy atom. The molecule has 0 unspecified atom stereocenters. The van der Waals surface area contributed by atoms with Gasteiger partial charge in [-0.15, -0.1) is 0 Å². The normalized spacial score (nSPS) is 20.9. The van der Waals surface area contributed by atoms with Crippen LogP contribution >= 0.6 is 0 Å². The Labute approximate surface area is 134 Å². The van der Waals surface area contributed by atoms with E-state index in [2.05, 4.69) is 0 Å². The van der Waals surface area contributed by atoms with E-state index in [1.807, 2.05) is 30.3 Å². The molecule has 118 valence electrons. The van der Waals surface area contributed by atoms with Crippen LogP contribution in [0, 0.1) is 0 Å². The molecule has 2 aromatic carbocycles. The maximum absolute atomic E-state index is 12.5. The van der Waals surface area contributed by atoms with Gasteiger partial charge in [0.2, 0.25) is 5.78 Å². The summed E-state index contributed by atoms with van der Waals surface area (Å²) in [5.74, 6) is -0.359. The molecule has 1 amide bonds. The Kier molecular flexibility index (Phi) is 3.88. The number of nitrogens with zero attached hydrogens (tertiary/aromatic N) is 1. The van der Waals surface area contributed by atoms with Gasteiger partial charge in [0.05, 0.1) is 13.5 Å². The lowest BCUT2D eigenvalue weighted by atomic mass is 9.99. The van der Waals surface area contributed by atoms with E-state index in [1.54, 1.807) is 31.4 Å². The largest absolute Gasteiger partial charge is 0.497 e. The van der Waals surface area contributed by atoms with Crippen molar-refractivity contribution in [3.8, 4) is 5.75 Å². The molecule has 1 heterocycles. The summed E-state index contributed by atoms with van der Waals surface area (Å²) >= 11 is 0. The number of anilines is 1. The van der Waals surface area contributed by atoms with Crippen LogP contribution in [-0.2, 0) is 20.1 Å². The summed E-state index contributed by atoms with van der Waals surface area (Å²) in [5, 5.41) is 0. The minimum atomic E-state index is -1.12. The molecule has 0 saturated carbocycles. The first kappa shape index (κ1) is 15.2. The Balaban J connectivity index is 2.13. The molecule has 0 radical (unpaired) electrons. The molecule has 5 heteroatoms. The van der Waals surface area contributed by atoms with Crippen molar-refractivity contribution in [1.82, 2.24) is 0 Å². The van der Waals surface area contributed by atoms with Gasteiger partial charge >= 0.3 is 0 Å². The number of hydrogen-bond donors (Lipinski definition) is 0. The Morgan fingerprint density at radius 3 is 2.17 bits per heavy atom. The molecule has 0 aromatic heterocycles. The van der Waals surface area contributed by atoms with Crippen LogP contribution in [0.5, 0.6) is 5.75 Å². The van der Waals surface area contributed by atoms with Crippen molar-refractivity contribution in [2.45, 2.75) is 12.1 Å². The van der Waals surface area contributed by atoms with Gasteiger partial charge in [-0.25, -0.2) is 0 Å². The summed E-state index contributed by atoms with van der Waals surface area (Å²) in [4.78, 5) is 26.0. The fourth-order valence-corrected chi connectivity index (χ4v) is 2.93. The SMILES string of the molecule is COc1ccc(N2C(=O)C(=O)C[C@@]2(OC)c2ccccc2)cc1. The molecule has 3 rings (SSSR count). The van der Waals surface area contributed by atoms with Crippen LogP contribution < -0.4 is 9.64 Å². The van der Waals surface area contributed by atoms with Gasteiger partial charge in [0, 0.05) is 18.4 Å². The summed E-state index contributed by atoms with van der Waals surface area (Å²) < 4.78 is 10.8. The second-order valence-corrected chi connectivity index (χ2v) is 5.29. The van der Waals surface area contributed by atoms with Crippen molar-refractivity contribution in [3.05, 3.63) is 60.2 Å². The lowest BCUT2D eigenvalue weighted by molar-refractivity contribution is -0.133. The van der Waals surface area contributed by atoms with Gasteiger partial charge < -0.3 is 9.47 Å². The molecule has 1 atom stereocenters. The minimum Gasteiger partial charge on any atom is -0.497 e. The summed E-state index contributed by atoms with van der Waals surface area (Å²) in [6.45, 7) is 0. The monoisotopic (exact) mass is 311 g/mol. The molecule has 0 bridgehead atoms. The molecular formula is C18H17NO4. The van der Waals surface area contributed by atoms with Gasteiger partial charge in [0.1, 0.15) is 5.75 Å². The number of ketones is 1. The third-order valence-corrected chi connectivity index (χ3v) is 4.10. The molecule has 1 aliphatic heterocycles. The zero-order valence-corrected chi connectivity index (χ0v) is 13.0. The number of methoxy groups -OCH3 is 2. The number of benzene rings is 2. The Hall–Kier alpha value is -2.66. The van der Waals surface area contributed by atoms with E-state index in [-0.39, 0.29) is 6.42 Å². The smallest absolute Gasteiger partial charge is 0.297 e. The van der Waals surface area contributed by atoms with Gasteiger partial charge in [-0.3, -0.25) is 14.5 Å². The van der Waals surface area contributed by atoms with Gasteiger partial charge in [-0.2, -0.15) is 0 Å². The fraction of sp³-hybridized carbons (Fsp3) is 0.222. The highest BCUT2D eigenvalue weighted by Gasteiger charge is 2.53. The second-order valence-electron chi connectivity index (χ2n) is 5.29. The van der Waals surface area contributed by atoms with Crippen molar-refractivity contribution in [3.63, 3.8) is 0 Å². The van der Waals surface area contributed by atoms with Crippen molar-refractivity contribution in [1.29, 1.82) is 0 Å². The highest BCUT2D eigenvalue weighted by atomic mass is 16.5. The molecule has 0 N–H and O–H groups in total. The van der Waals surface area contributed by atoms with Crippen molar-refractivity contribution in [2.75, 3.05) is 19.1 Å². The highest BCUT2D eigenvalue weighted by molar-refractivity contribution is 6.44. The van der Waals surface area contributed by atoms with Crippen LogP contribution in [0.2, 0.25) is 0 Å². The molecule has 5 nitrogen and oxygen atoms in total. The van der Waals surface area contributed by atoms with Crippen molar-refractivity contribution >= 4 is 17.4 Å². The van der Waals surface area contributed by atoms with Crippen LogP contribution in [0.3, 0.4) is 0 Å². The Morgan fingerprint density at radius 2 is 1.61 bits per heavy atom. The number of hydrogen-bond acceptors (Lipinski definition) is 4. The van der Waals surface area contributed by atoms with Crippen LogP contribution in [0.25, 0.3) is 0 Å². The quantitative estimate of drug-likeness (QED) is 0.814. The third-order valence-electron chi connectivity index (χ3n) is 4.10. The average molecular weight is 311 g/mol. The maximum atomic E-state index is 12.5. The van der Waals surface area contributed by atoms with E-state index in [0.717, 1.165) is 5.56 Å². The van der Waals surface area contributed by atoms with Gasteiger partial charge in [-0.05, 0) is 24.3 Å². The molecular weight excluding hydrogens is 294 g/mol. The fourth-order valence-electron chi connectivity index (χ4n) is 2.93. The van der Waals surface area contributed by atoms with Crippen LogP contribution in [0.1, 0.15) is 12.0 Å². The van der Waals surface area contributed by atoms with Gasteiger partial charge in [0.15, 0.2) is 5.72 Å². The molecule has 2 aromatic rings. The van der Waals surface area contributed by atoms with Crippen LogP contribution in [0.15, 0.2) is 54.6 Å². The number of Topliss-reactive ketones (excluding diaryl/α,β-unsaturated/α-hetero) is 1. The van der Waals surface area contributed by atoms with Gasteiger partial charge in [-0.1, -0.05) is 30.3 Å². The number of amides is 1. The predicted octanol–water partition coefficient (Wildman–Crippen LogP) is 2.50. The molecule has 1 aliphatic rings. The molecule has 23 heavy (non-hydrogen) atoms. The van der Waals surface area contributed by atoms with E-state index >= 15 is 0 Å². The summed E-state index contributed by atoms with van der Waals surface area (Å²) in [7, 11) is 3.08. The lowest BCUT2D eigenvalue weighted by Crippen LogP contribution is -2.45. The maximum Gasteiger partial charge on any atom is 0.297 e. The molecule has 0 aliphatic carbocycles. The standard InChI is InChI=1S/C18H17NO4/c1-22-15-10-8-14(9-11-15)19-17(21)16(20)12-18(19,23-2)13-6-4-3-5-7-13/h3-11H,12H2,1-2H3/t18-/m1/s1. The number of ether oxygens (including phenoxy) is 2. The molecule has 0 spiro atoms. The van der Waals surface area contributed by atoms with Gasteiger partial charge in [0.25, 0.3) is 5.91 Å². The van der Waals surface area contributed by atoms with Crippen molar-refractivity contribution in [2.24, 2.45) is 0 Å². The minimum absolute atomic E-state index is 0.0155. The number of rotatable bonds is 4. The van der Waals surface area contributed by atoms with E-state index in [4.69, 9.17) is 9.47 Å². The first-order valence-electron chi connectivity index (χ1n) is 7.24. The topological polar surface area (TPSA) is 55.8 Å². The summed E-state index contributed by atoms with van der Waals surface area (Å²) in [6.07, 6.45) is -0.0155. The Bertz CT molecular complexity index is 726. The first-order valence-corrected chi connectivity index (χ1v) is 7.24. The number of carbonyl (C=O) groups excluding carboxylic acids is 2. The van der Waals surface area contributed by atoms with Crippen molar-refractivity contribution < 1.29 is 19.1 Å². The zero-order valence-electron chi connectivity index (χ0n) is 13.0. The second kappa shape index (κ2) is 5.85.